The number of fused-ring (bicyclic) bond motifs is 2. The first kappa shape index (κ1) is 23.5. The van der Waals surface area contributed by atoms with Crippen LogP contribution in [-0.2, 0) is 0 Å². The van der Waals surface area contributed by atoms with Gasteiger partial charge in [-0.05, 0) is 70.0 Å². The summed E-state index contributed by atoms with van der Waals surface area (Å²) in [5.41, 5.74) is 3.98. The van der Waals surface area contributed by atoms with Crippen LogP contribution < -0.4 is 10.1 Å². The third-order valence-corrected chi connectivity index (χ3v) is 8.26. The third kappa shape index (κ3) is 3.68. The number of nitrogens with zero attached hydrogens (tertiary/aromatic N) is 5. The monoisotopic (exact) mass is 500 g/mol. The molecule has 1 spiro atoms. The fourth-order valence-corrected chi connectivity index (χ4v) is 5.98. The number of hydrogen-bond acceptors (Lipinski definition) is 5. The van der Waals surface area contributed by atoms with Gasteiger partial charge >= 0.3 is 6.03 Å². The molecule has 5 heterocycles. The van der Waals surface area contributed by atoms with Crippen LogP contribution in [0.2, 0.25) is 0 Å². The summed E-state index contributed by atoms with van der Waals surface area (Å²) in [6.07, 6.45) is 6.64. The predicted molar refractivity (Wildman–Crippen MR) is 142 cm³/mol. The lowest BCUT2D eigenvalue weighted by Crippen LogP contribution is -2.65. The van der Waals surface area contributed by atoms with Gasteiger partial charge in [-0.3, -0.25) is 9.36 Å². The summed E-state index contributed by atoms with van der Waals surface area (Å²) in [6, 6.07) is 9.27. The van der Waals surface area contributed by atoms with Gasteiger partial charge in [0, 0.05) is 55.6 Å². The van der Waals surface area contributed by atoms with Crippen LogP contribution in [0, 0.1) is 13.8 Å². The first-order valence-electron chi connectivity index (χ1n) is 12.8. The maximum Gasteiger partial charge on any atom is 0.325 e. The van der Waals surface area contributed by atoms with Crippen LogP contribution in [0.5, 0.6) is 11.5 Å². The fraction of sp³-hybridized carbons (Fsp3) is 0.393. The molecule has 0 atom stereocenters. The summed E-state index contributed by atoms with van der Waals surface area (Å²) in [7, 11) is 3.76. The van der Waals surface area contributed by atoms with Crippen molar-refractivity contribution in [3.63, 3.8) is 0 Å². The molecule has 0 aliphatic carbocycles. The average molecular weight is 501 g/mol. The van der Waals surface area contributed by atoms with Crippen LogP contribution in [0.1, 0.15) is 40.9 Å². The maximum absolute atomic E-state index is 13.7. The number of carbonyl (C=O) groups is 2. The Morgan fingerprint density at radius 1 is 1.05 bits per heavy atom. The van der Waals surface area contributed by atoms with Crippen LogP contribution in [0.4, 0.5) is 4.79 Å². The van der Waals surface area contributed by atoms with E-state index in [1.165, 1.54) is 0 Å². The van der Waals surface area contributed by atoms with Crippen LogP contribution in [0.3, 0.4) is 0 Å². The van der Waals surface area contributed by atoms with Crippen molar-refractivity contribution in [2.24, 2.45) is 0 Å². The van der Waals surface area contributed by atoms with Crippen LogP contribution >= 0.6 is 0 Å². The summed E-state index contributed by atoms with van der Waals surface area (Å²) in [4.78, 5) is 30.4. The van der Waals surface area contributed by atoms with Crippen LogP contribution in [-0.4, -0.2) is 75.2 Å². The Kier molecular flexibility index (Phi) is 5.49. The van der Waals surface area contributed by atoms with Gasteiger partial charge in [0.05, 0.1) is 17.3 Å². The molecule has 192 valence electrons. The average Bonchev–Trinajstić information content (AvgIpc) is 3.39. The molecule has 2 aliphatic heterocycles. The molecular formula is C28H32N6O3. The van der Waals surface area contributed by atoms with E-state index in [0.717, 1.165) is 66.6 Å². The minimum atomic E-state index is -0.178. The highest BCUT2D eigenvalue weighted by atomic mass is 16.5. The molecule has 0 saturated carbocycles. The highest BCUT2D eigenvalue weighted by Gasteiger charge is 2.49. The molecule has 9 nitrogen and oxygen atoms in total. The minimum Gasteiger partial charge on any atom is -0.455 e. The maximum atomic E-state index is 13.7. The predicted octanol–water partition coefficient (Wildman–Crippen LogP) is 4.20. The molecule has 1 aromatic carbocycles. The number of amides is 2. The largest absolute Gasteiger partial charge is 0.455 e. The van der Waals surface area contributed by atoms with Crippen LogP contribution in [0.15, 0.2) is 42.7 Å². The quantitative estimate of drug-likeness (QED) is 0.456. The fourth-order valence-electron chi connectivity index (χ4n) is 5.98. The lowest BCUT2D eigenvalue weighted by molar-refractivity contribution is -0.0350. The number of ether oxygens (including phenoxy) is 1. The van der Waals surface area contributed by atoms with E-state index >= 15 is 0 Å². The van der Waals surface area contributed by atoms with Crippen LogP contribution in [0.25, 0.3) is 16.4 Å². The van der Waals surface area contributed by atoms with E-state index in [0.29, 0.717) is 17.1 Å². The summed E-state index contributed by atoms with van der Waals surface area (Å²) >= 11 is 0. The molecular weight excluding hydrogens is 468 g/mol. The number of benzene rings is 1. The normalized spacial score (nSPS) is 17.4. The summed E-state index contributed by atoms with van der Waals surface area (Å²) in [6.45, 7) is 6.72. The molecule has 4 aromatic rings. The molecule has 3 aromatic heterocycles. The zero-order chi connectivity index (χ0) is 25.9. The second-order valence-corrected chi connectivity index (χ2v) is 10.4. The van der Waals surface area contributed by atoms with Crippen molar-refractivity contribution in [1.82, 2.24) is 29.3 Å². The van der Waals surface area contributed by atoms with Crippen molar-refractivity contribution in [1.29, 1.82) is 0 Å². The number of carbonyl (C=O) groups excluding carboxylic acids is 2. The summed E-state index contributed by atoms with van der Waals surface area (Å²) in [5, 5.41) is 8.06. The molecule has 0 unspecified atom stereocenters. The van der Waals surface area contributed by atoms with Gasteiger partial charge in [-0.15, -0.1) is 0 Å². The second kappa shape index (κ2) is 8.62. The topological polar surface area (TPSA) is 84.1 Å². The molecule has 2 amide bonds. The van der Waals surface area contributed by atoms with E-state index < -0.39 is 0 Å². The third-order valence-electron chi connectivity index (χ3n) is 8.26. The van der Waals surface area contributed by atoms with Gasteiger partial charge in [0.1, 0.15) is 11.3 Å². The number of hydrogen-bond donors (Lipinski definition) is 1. The zero-order valence-electron chi connectivity index (χ0n) is 21.7. The Balaban J connectivity index is 1.32. The SMILES string of the molecule is CNC(=O)n1c(C)cc2cc(Oc3ccnn4cc(C(=O)N5CCC56CCN(C)CC6)c(C)c34)ccc21. The van der Waals surface area contributed by atoms with E-state index in [1.807, 2.05) is 50.4 Å². The van der Waals surface area contributed by atoms with E-state index in [-0.39, 0.29) is 17.5 Å². The van der Waals surface area contributed by atoms with Gasteiger partial charge < -0.3 is 19.9 Å². The van der Waals surface area contributed by atoms with Crippen molar-refractivity contribution in [3.8, 4) is 11.5 Å². The van der Waals surface area contributed by atoms with Gasteiger partial charge in [0.2, 0.25) is 0 Å². The smallest absolute Gasteiger partial charge is 0.325 e. The van der Waals surface area contributed by atoms with E-state index in [9.17, 15) is 9.59 Å². The highest BCUT2D eigenvalue weighted by Crippen LogP contribution is 2.41. The van der Waals surface area contributed by atoms with Gasteiger partial charge in [-0.1, -0.05) is 0 Å². The van der Waals surface area contributed by atoms with Gasteiger partial charge in [-0.25, -0.2) is 9.31 Å². The Bertz CT molecular complexity index is 1540. The Labute approximate surface area is 215 Å². The second-order valence-electron chi connectivity index (χ2n) is 10.4. The van der Waals surface area contributed by atoms with Crippen molar-refractivity contribution in [3.05, 3.63) is 59.5 Å². The number of aromatic nitrogens is 3. The molecule has 1 N–H and O–H groups in total. The lowest BCUT2D eigenvalue weighted by atomic mass is 9.76. The van der Waals surface area contributed by atoms with Crippen molar-refractivity contribution < 1.29 is 14.3 Å². The standard InChI is InChI=1S/C28H32N6O3/c1-18-15-20-16-21(5-6-23(20)34(18)27(36)29-3)37-24-7-11-30-33-17-22(19(2)25(24)33)26(35)32-14-10-28(32)8-12-31(4)13-9-28/h5-7,11,15-17H,8-10,12-14H2,1-4H3,(H,29,36). The molecule has 2 fully saturated rings. The Morgan fingerprint density at radius 3 is 2.51 bits per heavy atom. The van der Waals surface area contributed by atoms with E-state index in [2.05, 4.69) is 27.3 Å². The van der Waals surface area contributed by atoms with E-state index in [4.69, 9.17) is 4.74 Å². The number of likely N-dealkylation sites (tertiary alicyclic amines) is 2. The van der Waals surface area contributed by atoms with E-state index in [1.54, 1.807) is 22.3 Å². The summed E-state index contributed by atoms with van der Waals surface area (Å²) in [5.74, 6) is 1.36. The van der Waals surface area contributed by atoms with Gasteiger partial charge in [0.15, 0.2) is 5.75 Å². The molecule has 6 rings (SSSR count). The highest BCUT2D eigenvalue weighted by molar-refractivity contribution is 5.99. The molecule has 37 heavy (non-hydrogen) atoms. The number of rotatable bonds is 3. The molecule has 2 saturated heterocycles. The molecule has 0 bridgehead atoms. The number of nitrogens with one attached hydrogen (secondary N) is 1. The lowest BCUT2D eigenvalue weighted by Gasteiger charge is -2.56. The Hall–Kier alpha value is -3.85. The molecule has 2 aliphatic rings. The zero-order valence-corrected chi connectivity index (χ0v) is 21.7. The van der Waals surface area contributed by atoms with Crippen molar-refractivity contribution >= 4 is 28.4 Å². The van der Waals surface area contributed by atoms with Crippen molar-refractivity contribution in [2.75, 3.05) is 33.7 Å². The van der Waals surface area contributed by atoms with Crippen molar-refractivity contribution in [2.45, 2.75) is 38.6 Å². The van der Waals surface area contributed by atoms with Gasteiger partial charge in [-0.2, -0.15) is 5.10 Å². The minimum absolute atomic E-state index is 0.00442. The first-order valence-corrected chi connectivity index (χ1v) is 12.8. The Morgan fingerprint density at radius 2 is 1.81 bits per heavy atom. The number of piperidine rings is 1. The number of aryl methyl sites for hydroxylation is 2. The first-order chi connectivity index (χ1) is 17.8. The molecule has 0 radical (unpaired) electrons. The van der Waals surface area contributed by atoms with Gasteiger partial charge in [0.25, 0.3) is 5.91 Å². The summed E-state index contributed by atoms with van der Waals surface area (Å²) < 4.78 is 9.72. The molecule has 9 heteroatoms.